The van der Waals surface area contributed by atoms with E-state index in [4.69, 9.17) is 4.74 Å². The summed E-state index contributed by atoms with van der Waals surface area (Å²) in [6.07, 6.45) is 1.62. The summed E-state index contributed by atoms with van der Waals surface area (Å²) in [4.78, 5) is 26.9. The number of carbonyl (C=O) groups excluding carboxylic acids is 1. The Morgan fingerprint density at radius 1 is 1.10 bits per heavy atom. The van der Waals surface area contributed by atoms with Crippen LogP contribution in [0.5, 0.6) is 11.5 Å². The van der Waals surface area contributed by atoms with Gasteiger partial charge in [0.25, 0.3) is 11.5 Å². The number of hydrogen-bond donors (Lipinski definition) is 1. The Labute approximate surface area is 168 Å². The van der Waals surface area contributed by atoms with Gasteiger partial charge in [-0.3, -0.25) is 9.59 Å². The SMILES string of the molecule is Cc1ccc(-c2cc(O)c3c(c2)CN(C(=O)c2cccn(C)c2=O)CCO3)cc1. The highest BCUT2D eigenvalue weighted by molar-refractivity contribution is 5.94. The molecule has 2 aromatic carbocycles. The lowest BCUT2D eigenvalue weighted by Gasteiger charge is -2.20. The molecule has 4 rings (SSSR count). The van der Waals surface area contributed by atoms with E-state index in [1.807, 2.05) is 37.3 Å². The average molecular weight is 390 g/mol. The zero-order chi connectivity index (χ0) is 20.5. The van der Waals surface area contributed by atoms with Gasteiger partial charge in [-0.2, -0.15) is 0 Å². The Balaban J connectivity index is 1.71. The first kappa shape index (κ1) is 18.8. The Bertz CT molecular complexity index is 1130. The molecule has 1 aromatic heterocycles. The van der Waals surface area contributed by atoms with Crippen LogP contribution in [-0.4, -0.2) is 33.6 Å². The number of hydrogen-bond acceptors (Lipinski definition) is 4. The smallest absolute Gasteiger partial charge is 0.263 e. The second-order valence-corrected chi connectivity index (χ2v) is 7.26. The summed E-state index contributed by atoms with van der Waals surface area (Å²) in [6, 6.07) is 14.8. The van der Waals surface area contributed by atoms with Crippen molar-refractivity contribution >= 4 is 5.91 Å². The van der Waals surface area contributed by atoms with E-state index in [0.29, 0.717) is 17.9 Å². The van der Waals surface area contributed by atoms with Crippen molar-refractivity contribution in [1.29, 1.82) is 0 Å². The Kier molecular flexibility index (Phi) is 4.84. The highest BCUT2D eigenvalue weighted by Crippen LogP contribution is 2.37. The molecule has 0 atom stereocenters. The predicted molar refractivity (Wildman–Crippen MR) is 110 cm³/mol. The van der Waals surface area contributed by atoms with Gasteiger partial charge in [0, 0.05) is 25.4 Å². The second-order valence-electron chi connectivity index (χ2n) is 7.26. The molecule has 1 N–H and O–H groups in total. The molecule has 0 bridgehead atoms. The lowest BCUT2D eigenvalue weighted by molar-refractivity contribution is 0.0730. The molecule has 0 aliphatic carbocycles. The van der Waals surface area contributed by atoms with Crippen LogP contribution in [-0.2, 0) is 13.6 Å². The first-order valence-electron chi connectivity index (χ1n) is 9.44. The number of nitrogens with zero attached hydrogens (tertiary/aromatic N) is 2. The Morgan fingerprint density at radius 3 is 2.62 bits per heavy atom. The van der Waals surface area contributed by atoms with Crippen LogP contribution in [0.1, 0.15) is 21.5 Å². The van der Waals surface area contributed by atoms with Gasteiger partial charge >= 0.3 is 0 Å². The van der Waals surface area contributed by atoms with Crippen LogP contribution in [0, 0.1) is 6.92 Å². The summed E-state index contributed by atoms with van der Waals surface area (Å²) >= 11 is 0. The van der Waals surface area contributed by atoms with Gasteiger partial charge in [0.05, 0.1) is 6.54 Å². The number of aryl methyl sites for hydroxylation is 2. The van der Waals surface area contributed by atoms with Crippen LogP contribution >= 0.6 is 0 Å². The number of ether oxygens (including phenoxy) is 1. The molecule has 148 valence electrons. The number of amides is 1. The third-order valence-corrected chi connectivity index (χ3v) is 5.14. The lowest BCUT2D eigenvalue weighted by atomic mass is 10.0. The topological polar surface area (TPSA) is 71.8 Å². The molecule has 0 fully saturated rings. The molecule has 2 heterocycles. The van der Waals surface area contributed by atoms with Crippen LogP contribution in [0.25, 0.3) is 11.1 Å². The maximum atomic E-state index is 13.0. The number of fused-ring (bicyclic) bond motifs is 1. The summed E-state index contributed by atoms with van der Waals surface area (Å²) in [5.74, 6) is 0.0861. The van der Waals surface area contributed by atoms with Crippen molar-refractivity contribution in [2.24, 2.45) is 7.05 Å². The molecule has 6 heteroatoms. The molecular weight excluding hydrogens is 368 g/mol. The van der Waals surface area contributed by atoms with Crippen LogP contribution in [0.3, 0.4) is 0 Å². The molecule has 3 aromatic rings. The van der Waals surface area contributed by atoms with E-state index < -0.39 is 0 Å². The van der Waals surface area contributed by atoms with Crippen LogP contribution in [0.15, 0.2) is 59.5 Å². The third-order valence-electron chi connectivity index (χ3n) is 5.14. The van der Waals surface area contributed by atoms with E-state index in [2.05, 4.69) is 0 Å². The van der Waals surface area contributed by atoms with Crippen LogP contribution in [0.2, 0.25) is 0 Å². The highest BCUT2D eigenvalue weighted by atomic mass is 16.5. The number of carbonyl (C=O) groups is 1. The quantitative estimate of drug-likeness (QED) is 0.730. The molecule has 0 spiro atoms. The second kappa shape index (κ2) is 7.47. The predicted octanol–water partition coefficient (Wildman–Crippen LogP) is 3.10. The zero-order valence-electron chi connectivity index (χ0n) is 16.4. The normalized spacial score (nSPS) is 13.4. The third kappa shape index (κ3) is 3.61. The number of phenolic OH excluding ortho intramolecular Hbond substituents is 1. The molecule has 0 saturated heterocycles. The van der Waals surface area contributed by atoms with Crippen molar-refractivity contribution in [1.82, 2.24) is 9.47 Å². The van der Waals surface area contributed by atoms with E-state index in [-0.39, 0.29) is 35.9 Å². The first-order valence-corrected chi connectivity index (χ1v) is 9.44. The van der Waals surface area contributed by atoms with E-state index in [1.165, 1.54) is 10.6 Å². The van der Waals surface area contributed by atoms with Gasteiger partial charge in [0.1, 0.15) is 12.2 Å². The molecule has 0 unspecified atom stereocenters. The van der Waals surface area contributed by atoms with Crippen molar-refractivity contribution in [3.8, 4) is 22.6 Å². The van der Waals surface area contributed by atoms with Gasteiger partial charge in [0.2, 0.25) is 0 Å². The van der Waals surface area contributed by atoms with Crippen molar-refractivity contribution in [3.05, 3.63) is 81.8 Å². The molecule has 0 saturated carbocycles. The largest absolute Gasteiger partial charge is 0.504 e. The molecule has 29 heavy (non-hydrogen) atoms. The summed E-state index contributed by atoms with van der Waals surface area (Å²) in [6.45, 7) is 2.83. The Hall–Kier alpha value is -3.54. The molecule has 1 aliphatic heterocycles. The summed E-state index contributed by atoms with van der Waals surface area (Å²) in [7, 11) is 1.62. The first-order chi connectivity index (χ1) is 13.9. The molecule has 0 radical (unpaired) electrons. The number of rotatable bonds is 2. The summed E-state index contributed by atoms with van der Waals surface area (Å²) in [5, 5.41) is 10.5. The maximum Gasteiger partial charge on any atom is 0.263 e. The van der Waals surface area contributed by atoms with Crippen molar-refractivity contribution in [3.63, 3.8) is 0 Å². The fourth-order valence-corrected chi connectivity index (χ4v) is 3.52. The van der Waals surface area contributed by atoms with E-state index in [1.54, 1.807) is 30.3 Å². The molecule has 1 amide bonds. The minimum absolute atomic E-state index is 0.0444. The number of phenols is 1. The van der Waals surface area contributed by atoms with E-state index in [0.717, 1.165) is 16.7 Å². The molecule has 6 nitrogen and oxygen atoms in total. The highest BCUT2D eigenvalue weighted by Gasteiger charge is 2.25. The van der Waals surface area contributed by atoms with Gasteiger partial charge < -0.3 is 19.3 Å². The number of aromatic nitrogens is 1. The van der Waals surface area contributed by atoms with Gasteiger partial charge in [-0.1, -0.05) is 29.8 Å². The number of benzene rings is 2. The standard InChI is InChI=1S/C23H22N2O4/c1-15-5-7-16(8-6-15)17-12-18-14-25(10-11-29-21(18)20(26)13-17)23(28)19-4-3-9-24(2)22(19)27/h3-9,12-13,26H,10-11,14H2,1-2H3. The van der Waals surface area contributed by atoms with E-state index in [9.17, 15) is 14.7 Å². The van der Waals surface area contributed by atoms with Crippen LogP contribution < -0.4 is 10.3 Å². The lowest BCUT2D eigenvalue weighted by Crippen LogP contribution is -2.37. The molecule has 1 aliphatic rings. The maximum absolute atomic E-state index is 13.0. The Morgan fingerprint density at radius 2 is 1.86 bits per heavy atom. The molecular formula is C23H22N2O4. The monoisotopic (exact) mass is 390 g/mol. The van der Waals surface area contributed by atoms with Crippen molar-refractivity contribution in [2.75, 3.05) is 13.2 Å². The van der Waals surface area contributed by atoms with Gasteiger partial charge in [0.15, 0.2) is 11.5 Å². The number of aromatic hydroxyl groups is 1. The minimum atomic E-state index is -0.345. The van der Waals surface area contributed by atoms with Gasteiger partial charge in [-0.15, -0.1) is 0 Å². The van der Waals surface area contributed by atoms with Crippen LogP contribution in [0.4, 0.5) is 0 Å². The zero-order valence-corrected chi connectivity index (χ0v) is 16.4. The summed E-state index contributed by atoms with van der Waals surface area (Å²) in [5.41, 5.74) is 3.45. The average Bonchev–Trinajstić information content (AvgIpc) is 2.93. The summed E-state index contributed by atoms with van der Waals surface area (Å²) < 4.78 is 7.12. The fourth-order valence-electron chi connectivity index (χ4n) is 3.52. The fraction of sp³-hybridized carbons (Fsp3) is 0.217. The van der Waals surface area contributed by atoms with Crippen molar-refractivity contribution < 1.29 is 14.6 Å². The van der Waals surface area contributed by atoms with Gasteiger partial charge in [-0.25, -0.2) is 0 Å². The van der Waals surface area contributed by atoms with E-state index >= 15 is 0 Å². The minimum Gasteiger partial charge on any atom is -0.504 e. The van der Waals surface area contributed by atoms with Gasteiger partial charge in [-0.05, 0) is 42.3 Å². The van der Waals surface area contributed by atoms with Crippen molar-refractivity contribution in [2.45, 2.75) is 13.5 Å². The number of pyridine rings is 1.